The molecule has 0 N–H and O–H groups in total. The van der Waals surface area contributed by atoms with Crippen LogP contribution in [0.3, 0.4) is 0 Å². The summed E-state index contributed by atoms with van der Waals surface area (Å²) >= 11 is 6.25. The molecule has 0 atom stereocenters. The van der Waals surface area contributed by atoms with Crippen molar-refractivity contribution in [3.8, 4) is 5.75 Å². The number of rotatable bonds is 4. The maximum absolute atomic E-state index is 6.25. The molecule has 0 bridgehead atoms. The molecular weight excluding hydrogens is 274 g/mol. The number of fused-ring (bicyclic) bond motifs is 1. The molecule has 1 aliphatic carbocycles. The molecule has 1 aromatic heterocycles. The molecule has 1 saturated carbocycles. The third kappa shape index (κ3) is 2.89. The molecule has 0 spiro atoms. The Morgan fingerprint density at radius 3 is 2.80 bits per heavy atom. The second-order valence-electron chi connectivity index (χ2n) is 5.21. The Bertz CT molecular complexity index is 609. The van der Waals surface area contributed by atoms with Crippen molar-refractivity contribution in [2.45, 2.75) is 38.4 Å². The molecule has 3 nitrogen and oxygen atoms in total. The maximum atomic E-state index is 6.25. The zero-order valence-electron chi connectivity index (χ0n) is 11.6. The highest BCUT2D eigenvalue weighted by Gasteiger charge is 2.16. The van der Waals surface area contributed by atoms with Crippen molar-refractivity contribution in [3.63, 3.8) is 0 Å². The zero-order valence-corrected chi connectivity index (χ0v) is 12.3. The fourth-order valence-corrected chi connectivity index (χ4v) is 2.86. The lowest BCUT2D eigenvalue weighted by Gasteiger charge is -2.12. The lowest BCUT2D eigenvalue weighted by atomic mass is 10.1. The number of methoxy groups -OCH3 is 1. The van der Waals surface area contributed by atoms with Crippen LogP contribution in [0.25, 0.3) is 10.9 Å². The van der Waals surface area contributed by atoms with Crippen LogP contribution in [-0.2, 0) is 11.3 Å². The predicted octanol–water partition coefficient (Wildman–Crippen LogP) is 4.36. The number of ether oxygens (including phenoxy) is 2. The smallest absolute Gasteiger partial charge is 0.135 e. The summed E-state index contributed by atoms with van der Waals surface area (Å²) in [5, 5.41) is 1.57. The Hall–Kier alpha value is -1.32. The van der Waals surface area contributed by atoms with E-state index in [1.54, 1.807) is 7.11 Å². The Morgan fingerprint density at radius 1 is 1.25 bits per heavy atom. The third-order valence-electron chi connectivity index (χ3n) is 3.83. The molecule has 1 aliphatic rings. The lowest BCUT2D eigenvalue weighted by Crippen LogP contribution is -2.07. The summed E-state index contributed by atoms with van der Waals surface area (Å²) < 4.78 is 11.1. The first-order valence-corrected chi connectivity index (χ1v) is 7.39. The van der Waals surface area contributed by atoms with E-state index in [-0.39, 0.29) is 0 Å². The second-order valence-corrected chi connectivity index (χ2v) is 5.57. The lowest BCUT2D eigenvalue weighted by molar-refractivity contribution is 0.0456. The minimum Gasteiger partial charge on any atom is -0.497 e. The Morgan fingerprint density at radius 2 is 2.05 bits per heavy atom. The van der Waals surface area contributed by atoms with Crippen molar-refractivity contribution in [1.29, 1.82) is 0 Å². The summed E-state index contributed by atoms with van der Waals surface area (Å²) in [5.74, 6) is 0.788. The molecule has 1 heterocycles. The second kappa shape index (κ2) is 5.98. The van der Waals surface area contributed by atoms with Crippen LogP contribution >= 0.6 is 11.6 Å². The highest BCUT2D eigenvalue weighted by Crippen LogP contribution is 2.27. The van der Waals surface area contributed by atoms with E-state index in [9.17, 15) is 0 Å². The average molecular weight is 292 g/mol. The molecule has 0 unspecified atom stereocenters. The predicted molar refractivity (Wildman–Crippen MR) is 80.4 cm³/mol. The molecule has 0 saturated heterocycles. The highest BCUT2D eigenvalue weighted by molar-refractivity contribution is 6.30. The van der Waals surface area contributed by atoms with Crippen molar-refractivity contribution in [2.75, 3.05) is 7.11 Å². The normalized spacial score (nSPS) is 15.9. The number of pyridine rings is 1. The molecular formula is C16H18ClNO2. The van der Waals surface area contributed by atoms with Gasteiger partial charge in [0.25, 0.3) is 0 Å². The van der Waals surface area contributed by atoms with E-state index in [1.807, 2.05) is 18.2 Å². The number of benzene rings is 1. The largest absolute Gasteiger partial charge is 0.497 e. The van der Waals surface area contributed by atoms with E-state index in [2.05, 4.69) is 11.1 Å². The molecule has 20 heavy (non-hydrogen) atoms. The molecule has 0 aliphatic heterocycles. The summed E-state index contributed by atoms with van der Waals surface area (Å²) in [6, 6.07) is 7.87. The molecule has 0 amide bonds. The molecule has 106 valence electrons. The first kappa shape index (κ1) is 13.7. The van der Waals surface area contributed by atoms with E-state index >= 15 is 0 Å². The van der Waals surface area contributed by atoms with Crippen LogP contribution in [0.5, 0.6) is 5.75 Å². The summed E-state index contributed by atoms with van der Waals surface area (Å²) in [5.41, 5.74) is 1.80. The summed E-state index contributed by atoms with van der Waals surface area (Å²) in [7, 11) is 1.65. The molecule has 1 fully saturated rings. The molecule has 2 aromatic rings. The molecule has 0 radical (unpaired) electrons. The van der Waals surface area contributed by atoms with Gasteiger partial charge in [-0.2, -0.15) is 0 Å². The van der Waals surface area contributed by atoms with Gasteiger partial charge >= 0.3 is 0 Å². The average Bonchev–Trinajstić information content (AvgIpc) is 2.97. The highest BCUT2D eigenvalue weighted by atomic mass is 35.5. The number of hydrogen-bond acceptors (Lipinski definition) is 3. The van der Waals surface area contributed by atoms with Gasteiger partial charge in [-0.3, -0.25) is 0 Å². The van der Waals surface area contributed by atoms with Crippen LogP contribution in [0.15, 0.2) is 24.3 Å². The van der Waals surface area contributed by atoms with Crippen LogP contribution in [0.4, 0.5) is 0 Å². The van der Waals surface area contributed by atoms with E-state index < -0.39 is 0 Å². The van der Waals surface area contributed by atoms with Gasteiger partial charge in [0.05, 0.1) is 25.3 Å². The topological polar surface area (TPSA) is 31.4 Å². The number of halogens is 1. The first-order valence-electron chi connectivity index (χ1n) is 7.01. The van der Waals surface area contributed by atoms with E-state index in [1.165, 1.54) is 12.8 Å². The van der Waals surface area contributed by atoms with Gasteiger partial charge in [0.1, 0.15) is 10.9 Å². The minimum absolute atomic E-state index is 0.387. The standard InChI is InChI=1S/C16H18ClNO2/c1-19-14-7-6-11-8-12(16(17)18-15(11)9-14)10-20-13-4-2-3-5-13/h6-9,13H,2-5,10H2,1H3. The van der Waals surface area contributed by atoms with Gasteiger partial charge < -0.3 is 9.47 Å². The van der Waals surface area contributed by atoms with Crippen molar-refractivity contribution in [2.24, 2.45) is 0 Å². The van der Waals surface area contributed by atoms with Gasteiger partial charge in [-0.25, -0.2) is 4.98 Å². The Labute approximate surface area is 123 Å². The van der Waals surface area contributed by atoms with Gasteiger partial charge in [0.2, 0.25) is 0 Å². The van der Waals surface area contributed by atoms with Gasteiger partial charge in [0, 0.05) is 17.0 Å². The summed E-state index contributed by atoms with van der Waals surface area (Å²) in [6.07, 6.45) is 5.26. The molecule has 4 heteroatoms. The molecule has 3 rings (SSSR count). The van der Waals surface area contributed by atoms with Crippen LogP contribution in [0.1, 0.15) is 31.2 Å². The fraction of sp³-hybridized carbons (Fsp3) is 0.438. The molecule has 1 aromatic carbocycles. The Kier molecular flexibility index (Phi) is 4.08. The van der Waals surface area contributed by atoms with E-state index in [0.29, 0.717) is 17.9 Å². The third-order valence-corrected chi connectivity index (χ3v) is 4.15. The van der Waals surface area contributed by atoms with Crippen molar-refractivity contribution < 1.29 is 9.47 Å². The fourth-order valence-electron chi connectivity index (χ4n) is 2.66. The number of nitrogens with zero attached hydrogens (tertiary/aromatic N) is 1. The van der Waals surface area contributed by atoms with Crippen molar-refractivity contribution >= 4 is 22.5 Å². The van der Waals surface area contributed by atoms with Gasteiger partial charge in [-0.05, 0) is 31.0 Å². The van der Waals surface area contributed by atoms with Gasteiger partial charge in [0.15, 0.2) is 0 Å². The minimum atomic E-state index is 0.387. The quantitative estimate of drug-likeness (QED) is 0.785. The van der Waals surface area contributed by atoms with Crippen molar-refractivity contribution in [1.82, 2.24) is 4.98 Å². The zero-order chi connectivity index (χ0) is 13.9. The number of aromatic nitrogens is 1. The SMILES string of the molecule is COc1ccc2cc(COC3CCCC3)c(Cl)nc2c1. The van der Waals surface area contributed by atoms with Crippen LogP contribution in [0.2, 0.25) is 5.15 Å². The summed E-state index contributed by atoms with van der Waals surface area (Å²) in [4.78, 5) is 4.43. The monoisotopic (exact) mass is 291 g/mol. The van der Waals surface area contributed by atoms with Crippen LogP contribution in [0, 0.1) is 0 Å². The van der Waals surface area contributed by atoms with Crippen LogP contribution in [-0.4, -0.2) is 18.2 Å². The van der Waals surface area contributed by atoms with E-state index in [0.717, 1.165) is 35.1 Å². The maximum Gasteiger partial charge on any atom is 0.135 e. The van der Waals surface area contributed by atoms with E-state index in [4.69, 9.17) is 21.1 Å². The number of hydrogen-bond donors (Lipinski definition) is 0. The Balaban J connectivity index is 1.81. The first-order chi connectivity index (χ1) is 9.76. The van der Waals surface area contributed by atoms with Gasteiger partial charge in [-0.15, -0.1) is 0 Å². The van der Waals surface area contributed by atoms with Gasteiger partial charge in [-0.1, -0.05) is 24.4 Å². The van der Waals surface area contributed by atoms with Crippen molar-refractivity contribution in [3.05, 3.63) is 35.0 Å². The summed E-state index contributed by atoms with van der Waals surface area (Å²) in [6.45, 7) is 0.540. The van der Waals surface area contributed by atoms with Crippen LogP contribution < -0.4 is 4.74 Å².